The highest BCUT2D eigenvalue weighted by molar-refractivity contribution is 9.10. The Morgan fingerprint density at radius 1 is 1.57 bits per heavy atom. The Morgan fingerprint density at radius 3 is 3.00 bits per heavy atom. The van der Waals surface area contributed by atoms with E-state index in [-0.39, 0.29) is 0 Å². The molecule has 2 aromatic heterocycles. The molecule has 0 radical (unpaired) electrons. The van der Waals surface area contributed by atoms with Crippen LogP contribution in [-0.2, 0) is 6.54 Å². The van der Waals surface area contributed by atoms with Crippen molar-refractivity contribution in [3.63, 3.8) is 0 Å². The molecule has 5 nitrogen and oxygen atoms in total. The number of nitrogens with one attached hydrogen (secondary N) is 1. The SMILES string of the molecule is NNc1ncc(Cn2cc(Br)cn2)s1. The summed E-state index contributed by atoms with van der Waals surface area (Å²) in [5.41, 5.74) is 2.51. The van der Waals surface area contributed by atoms with Crippen molar-refractivity contribution in [2.24, 2.45) is 5.84 Å². The molecule has 0 bridgehead atoms. The normalized spacial score (nSPS) is 10.4. The lowest BCUT2D eigenvalue weighted by atomic mass is 10.5. The number of nitrogens with two attached hydrogens (primary N) is 1. The minimum Gasteiger partial charge on any atom is -0.300 e. The second-order valence-corrected chi connectivity index (χ2v) is 4.66. The standard InChI is InChI=1S/C7H8BrN5S/c8-5-1-11-13(3-5)4-6-2-10-7(12-9)14-6/h1-3H,4,9H2,(H,10,12). The number of thiazole rings is 1. The van der Waals surface area contributed by atoms with Crippen LogP contribution in [-0.4, -0.2) is 14.8 Å². The summed E-state index contributed by atoms with van der Waals surface area (Å²) in [6.45, 7) is 0.713. The quantitative estimate of drug-likeness (QED) is 0.656. The Balaban J connectivity index is 2.10. The Bertz CT molecular complexity index is 423. The van der Waals surface area contributed by atoms with Crippen LogP contribution in [0.3, 0.4) is 0 Å². The second kappa shape index (κ2) is 4.07. The highest BCUT2D eigenvalue weighted by Gasteiger charge is 2.02. The number of nitrogens with zero attached hydrogens (tertiary/aromatic N) is 3. The zero-order valence-corrected chi connectivity index (χ0v) is 9.55. The Hall–Kier alpha value is -0.920. The molecule has 0 aliphatic carbocycles. The van der Waals surface area contributed by atoms with Gasteiger partial charge in [-0.15, -0.1) is 0 Å². The van der Waals surface area contributed by atoms with Crippen LogP contribution in [0.4, 0.5) is 5.13 Å². The Morgan fingerprint density at radius 2 is 2.43 bits per heavy atom. The van der Waals surface area contributed by atoms with Gasteiger partial charge in [-0.1, -0.05) is 11.3 Å². The van der Waals surface area contributed by atoms with Gasteiger partial charge in [0.1, 0.15) is 0 Å². The van der Waals surface area contributed by atoms with Crippen molar-refractivity contribution in [1.29, 1.82) is 0 Å². The summed E-state index contributed by atoms with van der Waals surface area (Å²) in [6, 6.07) is 0. The molecular weight excluding hydrogens is 266 g/mol. The van der Waals surface area contributed by atoms with Crippen LogP contribution in [0.5, 0.6) is 0 Å². The van der Waals surface area contributed by atoms with Crippen molar-refractivity contribution in [3.8, 4) is 0 Å². The Labute approximate surface area is 93.0 Å². The Kier molecular flexibility index (Phi) is 2.80. The van der Waals surface area contributed by atoms with Gasteiger partial charge < -0.3 is 0 Å². The zero-order valence-electron chi connectivity index (χ0n) is 7.14. The maximum atomic E-state index is 5.23. The smallest absolute Gasteiger partial charge is 0.197 e. The predicted molar refractivity (Wildman–Crippen MR) is 59.0 cm³/mol. The lowest BCUT2D eigenvalue weighted by Gasteiger charge is -1.95. The summed E-state index contributed by atoms with van der Waals surface area (Å²) < 4.78 is 2.80. The molecule has 14 heavy (non-hydrogen) atoms. The second-order valence-electron chi connectivity index (χ2n) is 2.63. The van der Waals surface area contributed by atoms with Crippen LogP contribution in [0.1, 0.15) is 4.88 Å². The fraction of sp³-hybridized carbons (Fsp3) is 0.143. The van der Waals surface area contributed by atoms with Gasteiger partial charge in [-0.3, -0.25) is 10.1 Å². The van der Waals surface area contributed by atoms with Gasteiger partial charge in [0, 0.05) is 17.3 Å². The summed E-state index contributed by atoms with van der Waals surface area (Å²) >= 11 is 4.85. The van der Waals surface area contributed by atoms with E-state index in [9.17, 15) is 0 Å². The third-order valence-electron chi connectivity index (χ3n) is 1.60. The van der Waals surface area contributed by atoms with Gasteiger partial charge in [-0.2, -0.15) is 5.10 Å². The first-order valence-electron chi connectivity index (χ1n) is 3.87. The minimum absolute atomic E-state index is 0.713. The van der Waals surface area contributed by atoms with Gasteiger partial charge in [0.05, 0.1) is 17.2 Å². The number of hydrazine groups is 1. The number of aromatic nitrogens is 3. The van der Waals surface area contributed by atoms with E-state index in [1.54, 1.807) is 12.4 Å². The fourth-order valence-corrected chi connectivity index (χ4v) is 2.07. The van der Waals surface area contributed by atoms with Crippen molar-refractivity contribution in [1.82, 2.24) is 14.8 Å². The molecule has 0 saturated carbocycles. The van der Waals surface area contributed by atoms with E-state index in [1.807, 2.05) is 10.9 Å². The third kappa shape index (κ3) is 2.11. The van der Waals surface area contributed by atoms with Gasteiger partial charge in [-0.25, -0.2) is 10.8 Å². The molecule has 3 N–H and O–H groups in total. The zero-order chi connectivity index (χ0) is 9.97. The van der Waals surface area contributed by atoms with Crippen molar-refractivity contribution in [2.75, 3.05) is 5.43 Å². The number of anilines is 1. The summed E-state index contributed by atoms with van der Waals surface area (Å²) in [4.78, 5) is 5.17. The van der Waals surface area contributed by atoms with Crippen LogP contribution < -0.4 is 11.3 Å². The molecule has 2 heterocycles. The third-order valence-corrected chi connectivity index (χ3v) is 2.92. The number of hydrogen-bond acceptors (Lipinski definition) is 5. The first kappa shape index (κ1) is 9.63. The van der Waals surface area contributed by atoms with E-state index in [0.29, 0.717) is 11.7 Å². The van der Waals surface area contributed by atoms with Crippen molar-refractivity contribution >= 4 is 32.4 Å². The molecule has 0 aromatic carbocycles. The lowest BCUT2D eigenvalue weighted by Crippen LogP contribution is -2.05. The summed E-state index contributed by atoms with van der Waals surface area (Å²) in [7, 11) is 0. The molecule has 0 unspecified atom stereocenters. The average molecular weight is 274 g/mol. The molecule has 0 saturated heterocycles. The number of nitrogen functional groups attached to an aromatic ring is 1. The number of halogens is 1. The molecular formula is C7H8BrN5S. The van der Waals surface area contributed by atoms with Gasteiger partial charge >= 0.3 is 0 Å². The van der Waals surface area contributed by atoms with Crippen LogP contribution in [0, 0.1) is 0 Å². The molecule has 2 aromatic rings. The minimum atomic E-state index is 0.713. The van der Waals surface area contributed by atoms with Crippen LogP contribution in [0.15, 0.2) is 23.1 Å². The number of hydrogen-bond donors (Lipinski definition) is 2. The molecule has 0 aliphatic heterocycles. The average Bonchev–Trinajstić information content (AvgIpc) is 2.76. The van der Waals surface area contributed by atoms with E-state index < -0.39 is 0 Å². The van der Waals surface area contributed by atoms with Gasteiger partial charge in [-0.05, 0) is 15.9 Å². The highest BCUT2D eigenvalue weighted by atomic mass is 79.9. The molecule has 0 atom stereocenters. The fourth-order valence-electron chi connectivity index (χ4n) is 1.03. The molecule has 0 amide bonds. The van der Waals surface area contributed by atoms with E-state index in [0.717, 1.165) is 9.35 Å². The maximum absolute atomic E-state index is 5.23. The summed E-state index contributed by atoms with van der Waals surface area (Å²) in [5.74, 6) is 5.23. The van der Waals surface area contributed by atoms with E-state index in [2.05, 4.69) is 31.4 Å². The van der Waals surface area contributed by atoms with Crippen molar-refractivity contribution < 1.29 is 0 Å². The van der Waals surface area contributed by atoms with Crippen molar-refractivity contribution in [3.05, 3.63) is 27.9 Å². The predicted octanol–water partition coefficient (Wildman–Crippen LogP) is 1.44. The molecule has 0 aliphatic rings. The molecule has 0 fully saturated rings. The summed E-state index contributed by atoms with van der Waals surface area (Å²) in [5, 5.41) is 4.86. The highest BCUT2D eigenvalue weighted by Crippen LogP contribution is 2.18. The van der Waals surface area contributed by atoms with E-state index in [4.69, 9.17) is 5.84 Å². The van der Waals surface area contributed by atoms with Gasteiger partial charge in [0.15, 0.2) is 5.13 Å². The van der Waals surface area contributed by atoms with E-state index in [1.165, 1.54) is 11.3 Å². The van der Waals surface area contributed by atoms with Gasteiger partial charge in [0.25, 0.3) is 0 Å². The maximum Gasteiger partial charge on any atom is 0.197 e. The van der Waals surface area contributed by atoms with Crippen LogP contribution >= 0.6 is 27.3 Å². The summed E-state index contributed by atoms with van der Waals surface area (Å²) in [6.07, 6.45) is 5.45. The monoisotopic (exact) mass is 273 g/mol. The molecule has 74 valence electrons. The largest absolute Gasteiger partial charge is 0.300 e. The molecule has 7 heteroatoms. The molecule has 0 spiro atoms. The van der Waals surface area contributed by atoms with Gasteiger partial charge in [0.2, 0.25) is 0 Å². The number of rotatable bonds is 3. The van der Waals surface area contributed by atoms with Crippen LogP contribution in [0.25, 0.3) is 0 Å². The van der Waals surface area contributed by atoms with Crippen molar-refractivity contribution in [2.45, 2.75) is 6.54 Å². The first-order chi connectivity index (χ1) is 6.78. The first-order valence-corrected chi connectivity index (χ1v) is 5.48. The lowest BCUT2D eigenvalue weighted by molar-refractivity contribution is 0.693. The molecule has 2 rings (SSSR count). The topological polar surface area (TPSA) is 68.8 Å². The van der Waals surface area contributed by atoms with Crippen LogP contribution in [0.2, 0.25) is 0 Å². The van der Waals surface area contributed by atoms with E-state index >= 15 is 0 Å².